The first-order chi connectivity index (χ1) is 5.24. The van der Waals surface area contributed by atoms with Crippen LogP contribution in [0.5, 0.6) is 5.75 Å². The number of hydrogen-bond acceptors (Lipinski definition) is 1. The highest BCUT2D eigenvalue weighted by atomic mass is 32.1. The molecule has 0 bridgehead atoms. The second kappa shape index (κ2) is 3.39. The van der Waals surface area contributed by atoms with Gasteiger partial charge in [0.2, 0.25) is 0 Å². The predicted molar refractivity (Wildman–Crippen MR) is 47.9 cm³/mol. The zero-order valence-electron chi connectivity index (χ0n) is 6.08. The quantitative estimate of drug-likeness (QED) is 0.668. The van der Waals surface area contributed by atoms with E-state index in [0.29, 0.717) is 4.90 Å². The molecule has 0 fully saturated rings. The maximum Gasteiger partial charge on any atom is 0.133 e. The van der Waals surface area contributed by atoms with Crippen molar-refractivity contribution in [3.8, 4) is 5.75 Å². The largest absolute Gasteiger partial charge is 0.506 e. The van der Waals surface area contributed by atoms with E-state index in [2.05, 4.69) is 6.58 Å². The van der Waals surface area contributed by atoms with Crippen LogP contribution in [0, 0.1) is 0 Å². The van der Waals surface area contributed by atoms with Gasteiger partial charge in [0, 0.05) is 0 Å². The fraction of sp³-hybridized carbons (Fsp3) is 0.111. The van der Waals surface area contributed by atoms with Gasteiger partial charge in [0.05, 0.1) is 4.90 Å². The molecular weight excluding hydrogens is 156 g/mol. The third kappa shape index (κ3) is 1.95. The zero-order valence-corrected chi connectivity index (χ0v) is 6.90. The Labute approximate surface area is 71.8 Å². The summed E-state index contributed by atoms with van der Waals surface area (Å²) in [6, 6.07) is 5.29. The van der Waals surface area contributed by atoms with Gasteiger partial charge < -0.3 is 5.11 Å². The highest BCUT2D eigenvalue weighted by Gasteiger charge is 1.97. The average molecular weight is 165 g/mol. The standard InChI is InChI=1S/C9H9OS/c1-2-3-7-4-5-9(11)8(10)6-7/h2,4-6,10H,1,3H2. The molecule has 0 aliphatic heterocycles. The predicted octanol–water partition coefficient (Wildman–Crippen LogP) is 2.68. The summed E-state index contributed by atoms with van der Waals surface area (Å²) in [7, 11) is 0. The van der Waals surface area contributed by atoms with Crippen molar-refractivity contribution < 1.29 is 5.11 Å². The first-order valence-electron chi connectivity index (χ1n) is 3.34. The topological polar surface area (TPSA) is 20.2 Å². The number of benzene rings is 1. The highest BCUT2D eigenvalue weighted by Crippen LogP contribution is 2.22. The normalized spacial score (nSPS) is 9.45. The molecule has 0 spiro atoms. The van der Waals surface area contributed by atoms with Crippen molar-refractivity contribution in [3.63, 3.8) is 0 Å². The summed E-state index contributed by atoms with van der Waals surface area (Å²) in [5, 5.41) is 9.19. The second-order valence-electron chi connectivity index (χ2n) is 2.29. The van der Waals surface area contributed by atoms with Crippen molar-refractivity contribution >= 4 is 12.6 Å². The fourth-order valence-electron chi connectivity index (χ4n) is 0.857. The molecule has 1 N–H and O–H groups in total. The monoisotopic (exact) mass is 165 g/mol. The minimum atomic E-state index is 0.180. The van der Waals surface area contributed by atoms with Crippen molar-refractivity contribution in [2.75, 3.05) is 0 Å². The van der Waals surface area contributed by atoms with Gasteiger partial charge in [-0.3, -0.25) is 0 Å². The number of allylic oxidation sites excluding steroid dienone is 1. The molecule has 0 aromatic heterocycles. The summed E-state index contributed by atoms with van der Waals surface area (Å²) >= 11 is 4.82. The maximum atomic E-state index is 9.19. The van der Waals surface area contributed by atoms with Crippen LogP contribution < -0.4 is 0 Å². The van der Waals surface area contributed by atoms with Crippen LogP contribution in [0.15, 0.2) is 35.7 Å². The number of phenolic OH excluding ortho intramolecular Hbond substituents is 1. The molecule has 57 valence electrons. The smallest absolute Gasteiger partial charge is 0.133 e. The molecular formula is C9H9OS. The van der Waals surface area contributed by atoms with Gasteiger partial charge in [0.15, 0.2) is 0 Å². The van der Waals surface area contributed by atoms with Crippen molar-refractivity contribution in [1.29, 1.82) is 0 Å². The number of hydrogen-bond donors (Lipinski definition) is 1. The highest BCUT2D eigenvalue weighted by molar-refractivity contribution is 7.80. The minimum absolute atomic E-state index is 0.180. The van der Waals surface area contributed by atoms with Crippen LogP contribution in [0.1, 0.15) is 5.56 Å². The summed E-state index contributed by atoms with van der Waals surface area (Å²) in [5.41, 5.74) is 1.03. The van der Waals surface area contributed by atoms with Crippen LogP contribution in [0.2, 0.25) is 0 Å². The lowest BCUT2D eigenvalue weighted by molar-refractivity contribution is 0.462. The van der Waals surface area contributed by atoms with Crippen molar-refractivity contribution in [2.24, 2.45) is 0 Å². The molecule has 1 nitrogen and oxygen atoms in total. The molecule has 1 radical (unpaired) electrons. The van der Waals surface area contributed by atoms with Gasteiger partial charge >= 0.3 is 0 Å². The molecule has 1 rings (SSSR count). The molecule has 2 heteroatoms. The number of phenols is 1. The number of aromatic hydroxyl groups is 1. The van der Waals surface area contributed by atoms with Gasteiger partial charge in [-0.25, -0.2) is 0 Å². The van der Waals surface area contributed by atoms with Gasteiger partial charge in [-0.15, -0.1) is 6.58 Å². The summed E-state index contributed by atoms with van der Waals surface area (Å²) in [4.78, 5) is 0.498. The van der Waals surface area contributed by atoms with E-state index in [0.717, 1.165) is 12.0 Å². The van der Waals surface area contributed by atoms with E-state index in [4.69, 9.17) is 12.6 Å². The van der Waals surface area contributed by atoms with Crippen molar-refractivity contribution in [1.82, 2.24) is 0 Å². The molecule has 0 heterocycles. The minimum Gasteiger partial charge on any atom is -0.506 e. The Morgan fingerprint density at radius 2 is 2.27 bits per heavy atom. The Morgan fingerprint density at radius 3 is 2.82 bits per heavy atom. The third-order valence-corrected chi connectivity index (χ3v) is 1.75. The average Bonchev–Trinajstić information content (AvgIpc) is 1.98. The Morgan fingerprint density at radius 1 is 1.55 bits per heavy atom. The molecule has 0 aliphatic carbocycles. The third-order valence-electron chi connectivity index (χ3n) is 1.40. The summed E-state index contributed by atoms with van der Waals surface area (Å²) in [6.07, 6.45) is 2.56. The van der Waals surface area contributed by atoms with E-state index in [1.54, 1.807) is 18.2 Å². The molecule has 0 aliphatic rings. The Bertz CT molecular complexity index is 268. The van der Waals surface area contributed by atoms with E-state index in [-0.39, 0.29) is 5.75 Å². The van der Waals surface area contributed by atoms with Crippen LogP contribution in [-0.4, -0.2) is 5.11 Å². The van der Waals surface area contributed by atoms with Crippen LogP contribution in [0.4, 0.5) is 0 Å². The van der Waals surface area contributed by atoms with Crippen LogP contribution in [-0.2, 0) is 6.42 Å². The van der Waals surface area contributed by atoms with Crippen LogP contribution in [0.25, 0.3) is 0 Å². The van der Waals surface area contributed by atoms with E-state index in [1.165, 1.54) is 0 Å². The summed E-state index contributed by atoms with van der Waals surface area (Å²) < 4.78 is 0. The lowest BCUT2D eigenvalue weighted by atomic mass is 10.1. The molecule has 0 saturated heterocycles. The van der Waals surface area contributed by atoms with Gasteiger partial charge in [-0.2, -0.15) is 0 Å². The van der Waals surface area contributed by atoms with Crippen LogP contribution >= 0.6 is 12.6 Å². The molecule has 0 atom stereocenters. The van der Waals surface area contributed by atoms with Gasteiger partial charge in [0.25, 0.3) is 0 Å². The van der Waals surface area contributed by atoms with E-state index in [9.17, 15) is 5.11 Å². The molecule has 0 amide bonds. The van der Waals surface area contributed by atoms with Crippen LogP contribution in [0.3, 0.4) is 0 Å². The first kappa shape index (κ1) is 8.08. The summed E-state index contributed by atoms with van der Waals surface area (Å²) in [5.74, 6) is 0.180. The van der Waals surface area contributed by atoms with Gasteiger partial charge in [0.1, 0.15) is 5.75 Å². The first-order valence-corrected chi connectivity index (χ1v) is 3.74. The van der Waals surface area contributed by atoms with Crippen molar-refractivity contribution in [2.45, 2.75) is 11.3 Å². The van der Waals surface area contributed by atoms with Crippen molar-refractivity contribution in [3.05, 3.63) is 36.4 Å². The Balaban J connectivity index is 2.95. The molecule has 11 heavy (non-hydrogen) atoms. The van der Waals surface area contributed by atoms with Gasteiger partial charge in [-0.05, 0) is 24.1 Å². The van der Waals surface area contributed by atoms with E-state index < -0.39 is 0 Å². The lowest BCUT2D eigenvalue weighted by Crippen LogP contribution is -1.79. The molecule has 0 unspecified atom stereocenters. The van der Waals surface area contributed by atoms with E-state index >= 15 is 0 Å². The number of rotatable bonds is 2. The molecule has 0 saturated carbocycles. The lowest BCUT2D eigenvalue weighted by Gasteiger charge is -1.98. The SMILES string of the molecule is C=CCc1ccc([S])c(O)c1. The Kier molecular flexibility index (Phi) is 2.49. The fourth-order valence-corrected chi connectivity index (χ4v) is 0.984. The molecule has 1 aromatic rings. The van der Waals surface area contributed by atoms with E-state index in [1.807, 2.05) is 6.07 Å². The second-order valence-corrected chi connectivity index (χ2v) is 2.73. The molecule has 1 aromatic carbocycles. The maximum absolute atomic E-state index is 9.19. The summed E-state index contributed by atoms with van der Waals surface area (Å²) in [6.45, 7) is 3.60. The zero-order chi connectivity index (χ0) is 8.27. The Hall–Kier alpha value is -1.02. The van der Waals surface area contributed by atoms with Gasteiger partial charge in [-0.1, -0.05) is 24.8 Å².